The summed E-state index contributed by atoms with van der Waals surface area (Å²) in [7, 11) is -3.67. The Balaban J connectivity index is 1.64. The number of benzene rings is 2. The van der Waals surface area contributed by atoms with Gasteiger partial charge in [0.05, 0.1) is 4.90 Å². The molecule has 3 N–H and O–H groups in total. The Morgan fingerprint density at radius 3 is 2.48 bits per heavy atom. The Morgan fingerprint density at radius 1 is 1.11 bits per heavy atom. The minimum atomic E-state index is -3.67. The third kappa shape index (κ3) is 4.87. The third-order valence-electron chi connectivity index (χ3n) is 4.86. The predicted molar refractivity (Wildman–Crippen MR) is 107 cm³/mol. The van der Waals surface area contributed by atoms with Gasteiger partial charge in [0.1, 0.15) is 0 Å². The molecule has 2 aromatic rings. The topological polar surface area (TPSA) is 87.3 Å². The smallest absolute Gasteiger partial charge is 0.261 e. The molecule has 1 saturated heterocycles. The molecule has 144 valence electrons. The van der Waals surface area contributed by atoms with Crippen LogP contribution < -0.4 is 15.4 Å². The highest BCUT2D eigenvalue weighted by Gasteiger charge is 2.17. The predicted octanol–water partition coefficient (Wildman–Crippen LogP) is 2.59. The quantitative estimate of drug-likeness (QED) is 0.711. The van der Waals surface area contributed by atoms with Gasteiger partial charge in [-0.25, -0.2) is 8.42 Å². The first-order chi connectivity index (χ1) is 12.8. The van der Waals surface area contributed by atoms with Gasteiger partial charge < -0.3 is 10.6 Å². The van der Waals surface area contributed by atoms with Gasteiger partial charge in [-0.2, -0.15) is 0 Å². The van der Waals surface area contributed by atoms with E-state index in [4.69, 9.17) is 0 Å². The van der Waals surface area contributed by atoms with E-state index in [9.17, 15) is 13.2 Å². The molecule has 0 aliphatic carbocycles. The lowest BCUT2D eigenvalue weighted by Crippen LogP contribution is -2.37. The zero-order valence-electron chi connectivity index (χ0n) is 15.6. The normalized spacial score (nSPS) is 16.9. The highest BCUT2D eigenvalue weighted by molar-refractivity contribution is 7.92. The van der Waals surface area contributed by atoms with Crippen molar-refractivity contribution >= 4 is 21.6 Å². The van der Waals surface area contributed by atoms with Crippen LogP contribution in [0.25, 0.3) is 0 Å². The van der Waals surface area contributed by atoms with Gasteiger partial charge in [-0.1, -0.05) is 6.07 Å². The molecule has 1 fully saturated rings. The average molecular weight is 388 g/mol. The molecule has 1 amide bonds. The summed E-state index contributed by atoms with van der Waals surface area (Å²) in [5.74, 6) is -0.160. The number of amides is 1. The van der Waals surface area contributed by atoms with Crippen molar-refractivity contribution in [2.45, 2.75) is 37.6 Å². The summed E-state index contributed by atoms with van der Waals surface area (Å²) in [5, 5.41) is 6.24. The van der Waals surface area contributed by atoms with Crippen LogP contribution in [0.4, 0.5) is 5.69 Å². The summed E-state index contributed by atoms with van der Waals surface area (Å²) in [6, 6.07) is 11.8. The number of aryl methyl sites for hydroxylation is 2. The Bertz CT molecular complexity index is 918. The maximum absolute atomic E-state index is 12.5. The molecule has 0 aromatic heterocycles. The summed E-state index contributed by atoms with van der Waals surface area (Å²) in [6.07, 6.45) is 2.20. The van der Waals surface area contributed by atoms with Crippen LogP contribution in [0.5, 0.6) is 0 Å². The molecule has 1 aliphatic heterocycles. The number of carbonyl (C=O) groups excluding carboxylic acids is 1. The van der Waals surface area contributed by atoms with Gasteiger partial charge in [0.25, 0.3) is 15.9 Å². The highest BCUT2D eigenvalue weighted by atomic mass is 32.2. The van der Waals surface area contributed by atoms with Crippen LogP contribution in [-0.2, 0) is 10.0 Å². The van der Waals surface area contributed by atoms with Crippen LogP contribution in [0, 0.1) is 13.8 Å². The van der Waals surface area contributed by atoms with Gasteiger partial charge >= 0.3 is 0 Å². The summed E-state index contributed by atoms with van der Waals surface area (Å²) in [6.45, 7) is 5.41. The fraction of sp³-hybridized carbons (Fsp3) is 0.350. The molecule has 6 nitrogen and oxygen atoms in total. The monoisotopic (exact) mass is 387 g/mol. The summed E-state index contributed by atoms with van der Waals surface area (Å²) in [5.41, 5.74) is 2.88. The molecular formula is C20H25N3O3S. The summed E-state index contributed by atoms with van der Waals surface area (Å²) < 4.78 is 27.6. The number of sulfonamides is 1. The van der Waals surface area contributed by atoms with E-state index in [1.165, 1.54) is 0 Å². The number of nitrogens with one attached hydrogen (secondary N) is 3. The molecule has 1 aliphatic rings. The summed E-state index contributed by atoms with van der Waals surface area (Å²) >= 11 is 0. The van der Waals surface area contributed by atoms with Crippen LogP contribution >= 0.6 is 0 Å². The molecule has 0 saturated carbocycles. The van der Waals surface area contributed by atoms with Crippen LogP contribution in [0.15, 0.2) is 47.4 Å². The Hall–Kier alpha value is -2.38. The van der Waals surface area contributed by atoms with E-state index in [1.807, 2.05) is 13.8 Å². The van der Waals surface area contributed by atoms with Gasteiger partial charge in [-0.3, -0.25) is 9.52 Å². The highest BCUT2D eigenvalue weighted by Crippen LogP contribution is 2.19. The standard InChI is InChI=1S/C20H25N3O3S/c1-14-5-10-19(12-15(14)2)27(25,26)23-17-8-6-16(7-9-17)20(24)22-13-18-4-3-11-21-18/h5-10,12,18,21,23H,3-4,11,13H2,1-2H3,(H,22,24). The van der Waals surface area contributed by atoms with E-state index in [0.717, 1.165) is 30.5 Å². The van der Waals surface area contributed by atoms with E-state index in [1.54, 1.807) is 42.5 Å². The van der Waals surface area contributed by atoms with Crippen molar-refractivity contribution < 1.29 is 13.2 Å². The van der Waals surface area contributed by atoms with Crippen LogP contribution in [0.2, 0.25) is 0 Å². The number of carbonyl (C=O) groups is 1. The van der Waals surface area contributed by atoms with Crippen molar-refractivity contribution in [3.05, 3.63) is 59.2 Å². The minimum absolute atomic E-state index is 0.160. The van der Waals surface area contributed by atoms with E-state index in [0.29, 0.717) is 23.8 Å². The third-order valence-corrected chi connectivity index (χ3v) is 6.24. The van der Waals surface area contributed by atoms with Crippen molar-refractivity contribution in [1.82, 2.24) is 10.6 Å². The zero-order valence-corrected chi connectivity index (χ0v) is 16.4. The van der Waals surface area contributed by atoms with Crippen molar-refractivity contribution in [2.24, 2.45) is 0 Å². The van der Waals surface area contributed by atoms with Gasteiger partial charge in [-0.15, -0.1) is 0 Å². The lowest BCUT2D eigenvalue weighted by molar-refractivity contribution is 0.0950. The maximum Gasteiger partial charge on any atom is 0.261 e. The molecule has 7 heteroatoms. The van der Waals surface area contributed by atoms with Gasteiger partial charge in [0, 0.05) is 23.8 Å². The first kappa shape index (κ1) is 19.4. The lowest BCUT2D eigenvalue weighted by atomic mass is 10.1. The Kier molecular flexibility index (Phi) is 5.82. The average Bonchev–Trinajstić information content (AvgIpc) is 3.16. The van der Waals surface area contributed by atoms with E-state index in [2.05, 4.69) is 15.4 Å². The molecule has 1 atom stereocenters. The Labute approximate surface area is 160 Å². The largest absolute Gasteiger partial charge is 0.350 e. The lowest BCUT2D eigenvalue weighted by Gasteiger charge is -2.12. The van der Waals surface area contributed by atoms with Gasteiger partial charge in [-0.05, 0) is 80.8 Å². The van der Waals surface area contributed by atoms with Crippen molar-refractivity contribution in [3.63, 3.8) is 0 Å². The van der Waals surface area contributed by atoms with Crippen molar-refractivity contribution in [3.8, 4) is 0 Å². The first-order valence-corrected chi connectivity index (χ1v) is 10.6. The molecule has 27 heavy (non-hydrogen) atoms. The summed E-state index contributed by atoms with van der Waals surface area (Å²) in [4.78, 5) is 12.4. The second kappa shape index (κ2) is 8.10. The fourth-order valence-electron chi connectivity index (χ4n) is 3.03. The van der Waals surface area contributed by atoms with Crippen LogP contribution in [0.3, 0.4) is 0 Å². The number of hydrogen-bond donors (Lipinski definition) is 3. The maximum atomic E-state index is 12.5. The minimum Gasteiger partial charge on any atom is -0.350 e. The van der Waals surface area contributed by atoms with Crippen LogP contribution in [-0.4, -0.2) is 33.5 Å². The SMILES string of the molecule is Cc1ccc(S(=O)(=O)Nc2ccc(C(=O)NCC3CCCN3)cc2)cc1C. The molecule has 1 unspecified atom stereocenters. The van der Waals surface area contributed by atoms with E-state index < -0.39 is 10.0 Å². The molecular weight excluding hydrogens is 362 g/mol. The number of rotatable bonds is 6. The van der Waals surface area contributed by atoms with Crippen molar-refractivity contribution in [2.75, 3.05) is 17.8 Å². The first-order valence-electron chi connectivity index (χ1n) is 9.07. The van der Waals surface area contributed by atoms with Gasteiger partial charge in [0.15, 0.2) is 0 Å². The zero-order chi connectivity index (χ0) is 19.4. The molecule has 0 bridgehead atoms. The molecule has 2 aromatic carbocycles. The van der Waals surface area contributed by atoms with Crippen LogP contribution in [0.1, 0.15) is 34.3 Å². The fourth-order valence-corrected chi connectivity index (χ4v) is 4.18. The van der Waals surface area contributed by atoms with E-state index >= 15 is 0 Å². The van der Waals surface area contributed by atoms with Gasteiger partial charge in [0.2, 0.25) is 0 Å². The van der Waals surface area contributed by atoms with Crippen molar-refractivity contribution in [1.29, 1.82) is 0 Å². The molecule has 1 heterocycles. The number of anilines is 1. The molecule has 0 radical (unpaired) electrons. The second-order valence-corrected chi connectivity index (χ2v) is 8.61. The Morgan fingerprint density at radius 2 is 1.85 bits per heavy atom. The molecule has 0 spiro atoms. The number of hydrogen-bond acceptors (Lipinski definition) is 4. The van der Waals surface area contributed by atoms with E-state index in [-0.39, 0.29) is 10.8 Å². The molecule has 3 rings (SSSR count). The second-order valence-electron chi connectivity index (χ2n) is 6.93.